The predicted octanol–water partition coefficient (Wildman–Crippen LogP) is 3.34. The molecule has 0 aromatic heterocycles. The number of nitrogens with zero attached hydrogens (tertiary/aromatic N) is 2. The first-order valence-corrected chi connectivity index (χ1v) is 9.14. The molecule has 6 heteroatoms. The van der Waals surface area contributed by atoms with E-state index < -0.39 is 0 Å². The molecule has 2 aliphatic heterocycles. The molecule has 4 rings (SSSR count). The Morgan fingerprint density at radius 3 is 2.58 bits per heavy atom. The van der Waals surface area contributed by atoms with Gasteiger partial charge in [0, 0.05) is 43.3 Å². The standard InChI is InChI=1S/C20H21ClN2O3/c1-14-2-4-16(11-17(14)21)20(24)23-8-6-22(7-9-23)12-15-3-5-18-19(10-15)26-13-25-18/h2-5,10-11H,6-9,12-13H2,1H3. The van der Waals surface area contributed by atoms with Gasteiger partial charge in [-0.15, -0.1) is 0 Å². The molecule has 2 aromatic carbocycles. The van der Waals surface area contributed by atoms with Crippen molar-refractivity contribution in [3.63, 3.8) is 0 Å². The van der Waals surface area contributed by atoms with Crippen LogP contribution in [0.15, 0.2) is 36.4 Å². The van der Waals surface area contributed by atoms with Crippen LogP contribution in [0.2, 0.25) is 5.02 Å². The van der Waals surface area contributed by atoms with Crippen LogP contribution < -0.4 is 9.47 Å². The molecule has 1 amide bonds. The van der Waals surface area contributed by atoms with E-state index in [1.807, 2.05) is 36.1 Å². The summed E-state index contributed by atoms with van der Waals surface area (Å²) in [5, 5.41) is 0.636. The summed E-state index contributed by atoms with van der Waals surface area (Å²) in [4.78, 5) is 16.9. The smallest absolute Gasteiger partial charge is 0.253 e. The molecule has 0 radical (unpaired) electrons. The molecule has 5 nitrogen and oxygen atoms in total. The average Bonchev–Trinajstić information content (AvgIpc) is 3.12. The fourth-order valence-corrected chi connectivity index (χ4v) is 3.50. The van der Waals surface area contributed by atoms with Crippen molar-refractivity contribution in [1.29, 1.82) is 0 Å². The average molecular weight is 373 g/mol. The van der Waals surface area contributed by atoms with Crippen molar-refractivity contribution in [3.05, 3.63) is 58.1 Å². The molecule has 1 fully saturated rings. The van der Waals surface area contributed by atoms with Crippen LogP contribution in [0, 0.1) is 6.92 Å². The van der Waals surface area contributed by atoms with Gasteiger partial charge in [-0.05, 0) is 42.3 Å². The van der Waals surface area contributed by atoms with E-state index in [9.17, 15) is 4.79 Å². The van der Waals surface area contributed by atoms with Gasteiger partial charge in [-0.3, -0.25) is 9.69 Å². The lowest BCUT2D eigenvalue weighted by Crippen LogP contribution is -2.48. The normalized spacial score (nSPS) is 16.8. The minimum Gasteiger partial charge on any atom is -0.454 e. The van der Waals surface area contributed by atoms with E-state index in [-0.39, 0.29) is 5.91 Å². The van der Waals surface area contributed by atoms with Gasteiger partial charge in [-0.1, -0.05) is 23.7 Å². The lowest BCUT2D eigenvalue weighted by atomic mass is 10.1. The molecule has 0 saturated carbocycles. The number of ether oxygens (including phenoxy) is 2. The second-order valence-corrected chi connectivity index (χ2v) is 7.13. The SMILES string of the molecule is Cc1ccc(C(=O)N2CCN(Cc3ccc4c(c3)OCO4)CC2)cc1Cl. The number of carbonyl (C=O) groups is 1. The van der Waals surface area contributed by atoms with Crippen molar-refractivity contribution >= 4 is 17.5 Å². The molecule has 0 aliphatic carbocycles. The maximum absolute atomic E-state index is 12.7. The van der Waals surface area contributed by atoms with E-state index >= 15 is 0 Å². The highest BCUT2D eigenvalue weighted by Crippen LogP contribution is 2.32. The Kier molecular flexibility index (Phi) is 4.74. The molecule has 1 saturated heterocycles. The largest absolute Gasteiger partial charge is 0.454 e. The Labute approximate surface area is 158 Å². The fraction of sp³-hybridized carbons (Fsp3) is 0.350. The van der Waals surface area contributed by atoms with Crippen LogP contribution >= 0.6 is 11.6 Å². The third-order valence-electron chi connectivity index (χ3n) is 4.92. The first kappa shape index (κ1) is 17.2. The van der Waals surface area contributed by atoms with Crippen molar-refractivity contribution in [2.45, 2.75) is 13.5 Å². The molecule has 0 spiro atoms. The molecular formula is C20H21ClN2O3. The van der Waals surface area contributed by atoms with Gasteiger partial charge in [-0.25, -0.2) is 0 Å². The van der Waals surface area contributed by atoms with E-state index in [0.29, 0.717) is 17.4 Å². The summed E-state index contributed by atoms with van der Waals surface area (Å²) in [5.41, 5.74) is 2.83. The van der Waals surface area contributed by atoms with Crippen LogP contribution in [0.5, 0.6) is 11.5 Å². The zero-order chi connectivity index (χ0) is 18.1. The monoisotopic (exact) mass is 372 g/mol. The highest BCUT2D eigenvalue weighted by atomic mass is 35.5. The number of fused-ring (bicyclic) bond motifs is 1. The molecule has 0 atom stereocenters. The quantitative estimate of drug-likeness (QED) is 0.828. The van der Waals surface area contributed by atoms with Gasteiger partial charge in [-0.2, -0.15) is 0 Å². The number of hydrogen-bond acceptors (Lipinski definition) is 4. The topological polar surface area (TPSA) is 42.0 Å². The molecule has 2 aromatic rings. The maximum Gasteiger partial charge on any atom is 0.253 e. The van der Waals surface area contributed by atoms with Gasteiger partial charge in [0.1, 0.15) is 0 Å². The van der Waals surface area contributed by atoms with Crippen LogP contribution in [-0.4, -0.2) is 48.7 Å². The number of amides is 1. The second kappa shape index (κ2) is 7.17. The number of aryl methyl sites for hydroxylation is 1. The van der Waals surface area contributed by atoms with E-state index in [0.717, 1.165) is 49.8 Å². The second-order valence-electron chi connectivity index (χ2n) is 6.72. The number of carbonyl (C=O) groups excluding carboxylic acids is 1. The lowest BCUT2D eigenvalue weighted by molar-refractivity contribution is 0.0628. The van der Waals surface area contributed by atoms with Crippen molar-refractivity contribution in [3.8, 4) is 11.5 Å². The summed E-state index contributed by atoms with van der Waals surface area (Å²) in [6.45, 7) is 6.20. The van der Waals surface area contributed by atoms with Gasteiger partial charge in [0.25, 0.3) is 5.91 Å². The first-order valence-electron chi connectivity index (χ1n) is 8.76. The fourth-order valence-electron chi connectivity index (χ4n) is 3.32. The predicted molar refractivity (Wildman–Crippen MR) is 99.9 cm³/mol. The van der Waals surface area contributed by atoms with Crippen molar-refractivity contribution in [1.82, 2.24) is 9.80 Å². The van der Waals surface area contributed by atoms with Crippen LogP contribution in [-0.2, 0) is 6.54 Å². The van der Waals surface area contributed by atoms with Crippen LogP contribution in [0.4, 0.5) is 0 Å². The van der Waals surface area contributed by atoms with E-state index in [4.69, 9.17) is 21.1 Å². The van der Waals surface area contributed by atoms with E-state index in [1.54, 1.807) is 6.07 Å². The Balaban J connectivity index is 1.35. The van der Waals surface area contributed by atoms with Crippen LogP contribution in [0.25, 0.3) is 0 Å². The third-order valence-corrected chi connectivity index (χ3v) is 5.33. The molecular weight excluding hydrogens is 352 g/mol. The minimum absolute atomic E-state index is 0.0506. The van der Waals surface area contributed by atoms with E-state index in [2.05, 4.69) is 11.0 Å². The van der Waals surface area contributed by atoms with Gasteiger partial charge in [0.2, 0.25) is 6.79 Å². The van der Waals surface area contributed by atoms with Gasteiger partial charge < -0.3 is 14.4 Å². The van der Waals surface area contributed by atoms with Crippen LogP contribution in [0.3, 0.4) is 0 Å². The Morgan fingerprint density at radius 2 is 1.81 bits per heavy atom. The summed E-state index contributed by atoms with van der Waals surface area (Å²) in [6.07, 6.45) is 0. The molecule has 2 heterocycles. The highest BCUT2D eigenvalue weighted by Gasteiger charge is 2.23. The van der Waals surface area contributed by atoms with Gasteiger partial charge in [0.05, 0.1) is 0 Å². The zero-order valence-electron chi connectivity index (χ0n) is 14.7. The molecule has 0 unspecified atom stereocenters. The number of halogens is 1. The number of rotatable bonds is 3. The van der Waals surface area contributed by atoms with Crippen molar-refractivity contribution < 1.29 is 14.3 Å². The van der Waals surface area contributed by atoms with E-state index in [1.165, 1.54) is 5.56 Å². The molecule has 2 aliphatic rings. The summed E-state index contributed by atoms with van der Waals surface area (Å²) in [6, 6.07) is 11.6. The number of piperazine rings is 1. The van der Waals surface area contributed by atoms with Crippen molar-refractivity contribution in [2.75, 3.05) is 33.0 Å². The molecule has 26 heavy (non-hydrogen) atoms. The minimum atomic E-state index is 0.0506. The van der Waals surface area contributed by atoms with Crippen molar-refractivity contribution in [2.24, 2.45) is 0 Å². The third kappa shape index (κ3) is 3.50. The summed E-state index contributed by atoms with van der Waals surface area (Å²) in [7, 11) is 0. The summed E-state index contributed by atoms with van der Waals surface area (Å²) < 4.78 is 10.8. The lowest BCUT2D eigenvalue weighted by Gasteiger charge is -2.34. The molecule has 0 bridgehead atoms. The van der Waals surface area contributed by atoms with Gasteiger partial charge in [0.15, 0.2) is 11.5 Å². The van der Waals surface area contributed by atoms with Crippen LogP contribution in [0.1, 0.15) is 21.5 Å². The number of benzene rings is 2. The summed E-state index contributed by atoms with van der Waals surface area (Å²) in [5.74, 6) is 1.67. The Bertz CT molecular complexity index is 832. The molecule has 136 valence electrons. The summed E-state index contributed by atoms with van der Waals surface area (Å²) >= 11 is 6.15. The van der Waals surface area contributed by atoms with Gasteiger partial charge >= 0.3 is 0 Å². The zero-order valence-corrected chi connectivity index (χ0v) is 15.5. The Hall–Kier alpha value is -2.24. The molecule has 0 N–H and O–H groups in total. The Morgan fingerprint density at radius 1 is 1.04 bits per heavy atom. The highest BCUT2D eigenvalue weighted by molar-refractivity contribution is 6.31. The number of hydrogen-bond donors (Lipinski definition) is 0. The first-order chi connectivity index (χ1) is 12.6. The maximum atomic E-state index is 12.7.